The minimum Gasteiger partial charge on any atom is -0.493 e. The van der Waals surface area contributed by atoms with Crippen molar-refractivity contribution < 1.29 is 27.4 Å². The zero-order valence-corrected chi connectivity index (χ0v) is 20.7. The van der Waals surface area contributed by atoms with Crippen LogP contribution < -0.4 is 14.8 Å². The van der Waals surface area contributed by atoms with Crippen molar-refractivity contribution in [2.75, 3.05) is 19.5 Å². The highest BCUT2D eigenvalue weighted by molar-refractivity contribution is 7.99. The van der Waals surface area contributed by atoms with Crippen LogP contribution >= 0.6 is 23.4 Å². The quantitative estimate of drug-likeness (QED) is 0.271. The Balaban J connectivity index is 1.46. The molecule has 3 aromatic carbocycles. The van der Waals surface area contributed by atoms with Gasteiger partial charge in [-0.3, -0.25) is 9.78 Å². The molecule has 36 heavy (non-hydrogen) atoms. The average molecular weight is 533 g/mol. The zero-order chi connectivity index (χ0) is 25.9. The van der Waals surface area contributed by atoms with Gasteiger partial charge in [0.15, 0.2) is 11.5 Å². The summed E-state index contributed by atoms with van der Waals surface area (Å²) >= 11 is 7.16. The number of fused-ring (bicyclic) bond motifs is 1. The first-order valence-corrected chi connectivity index (χ1v) is 11.8. The smallest absolute Gasteiger partial charge is 0.417 e. The lowest BCUT2D eigenvalue weighted by Gasteiger charge is -2.12. The highest BCUT2D eigenvalue weighted by atomic mass is 35.5. The minimum atomic E-state index is -4.59. The largest absolute Gasteiger partial charge is 0.493 e. The topological polar surface area (TPSA) is 60.5 Å². The fourth-order valence-corrected chi connectivity index (χ4v) is 4.71. The molecule has 0 aliphatic carbocycles. The number of nitrogens with zero attached hydrogens (tertiary/aromatic N) is 1. The van der Waals surface area contributed by atoms with E-state index in [2.05, 4.69) is 10.3 Å². The molecule has 186 valence electrons. The second-order valence-corrected chi connectivity index (χ2v) is 9.22. The molecule has 0 radical (unpaired) electrons. The summed E-state index contributed by atoms with van der Waals surface area (Å²) in [5, 5.41) is 3.21. The van der Waals surface area contributed by atoms with Gasteiger partial charge in [-0.2, -0.15) is 13.2 Å². The molecule has 1 amide bonds. The van der Waals surface area contributed by atoms with Gasteiger partial charge >= 0.3 is 6.18 Å². The van der Waals surface area contributed by atoms with Crippen molar-refractivity contribution >= 4 is 45.9 Å². The Labute approximate surface area is 214 Å². The van der Waals surface area contributed by atoms with E-state index >= 15 is 0 Å². The van der Waals surface area contributed by atoms with E-state index in [-0.39, 0.29) is 12.0 Å². The van der Waals surface area contributed by atoms with Crippen LogP contribution in [-0.4, -0.2) is 25.1 Å². The fraction of sp³-hybridized carbons (Fsp3) is 0.154. The molecule has 0 spiro atoms. The van der Waals surface area contributed by atoms with Gasteiger partial charge in [0.05, 0.1) is 36.7 Å². The average Bonchev–Trinajstić information content (AvgIpc) is 2.85. The van der Waals surface area contributed by atoms with E-state index in [1.807, 2.05) is 30.3 Å². The van der Waals surface area contributed by atoms with Crippen LogP contribution in [0, 0.1) is 0 Å². The number of carbonyl (C=O) groups is 1. The first-order valence-electron chi connectivity index (χ1n) is 10.6. The van der Waals surface area contributed by atoms with Gasteiger partial charge in [-0.05, 0) is 54.1 Å². The molecule has 1 heterocycles. The predicted octanol–water partition coefficient (Wildman–Crippen LogP) is 7.26. The van der Waals surface area contributed by atoms with E-state index in [1.165, 1.54) is 17.8 Å². The molecule has 1 aromatic heterocycles. The van der Waals surface area contributed by atoms with Crippen molar-refractivity contribution in [3.05, 3.63) is 83.0 Å². The normalized spacial score (nSPS) is 11.4. The number of hydrogen-bond acceptors (Lipinski definition) is 5. The highest BCUT2D eigenvalue weighted by Gasteiger charge is 2.33. The number of alkyl halides is 3. The van der Waals surface area contributed by atoms with E-state index < -0.39 is 22.7 Å². The Kier molecular flexibility index (Phi) is 7.61. The summed E-state index contributed by atoms with van der Waals surface area (Å²) in [5.41, 5.74) is 0.543. The predicted molar refractivity (Wildman–Crippen MR) is 134 cm³/mol. The molecule has 0 aliphatic heterocycles. The molecular formula is C26H20ClF3N2O3S. The van der Waals surface area contributed by atoms with Crippen molar-refractivity contribution in [3.63, 3.8) is 0 Å². The minimum absolute atomic E-state index is 0.216. The van der Waals surface area contributed by atoms with Crippen LogP contribution in [0.4, 0.5) is 18.9 Å². The van der Waals surface area contributed by atoms with Crippen molar-refractivity contribution in [1.29, 1.82) is 0 Å². The van der Waals surface area contributed by atoms with Gasteiger partial charge in [-0.1, -0.05) is 29.4 Å². The Hall–Kier alpha value is -3.43. The van der Waals surface area contributed by atoms with E-state index in [4.69, 9.17) is 21.1 Å². The number of ether oxygens (including phenoxy) is 2. The number of anilines is 1. The molecule has 4 rings (SSSR count). The Morgan fingerprint density at radius 2 is 1.69 bits per heavy atom. The monoisotopic (exact) mass is 532 g/mol. The van der Waals surface area contributed by atoms with Gasteiger partial charge < -0.3 is 14.8 Å². The second-order valence-electron chi connectivity index (χ2n) is 7.70. The molecular weight excluding hydrogens is 513 g/mol. The third kappa shape index (κ3) is 5.85. The number of nitrogens with one attached hydrogen (secondary N) is 1. The zero-order valence-electron chi connectivity index (χ0n) is 19.2. The molecule has 0 bridgehead atoms. The summed E-state index contributed by atoms with van der Waals surface area (Å²) in [4.78, 5) is 18.7. The first kappa shape index (κ1) is 25.7. The van der Waals surface area contributed by atoms with Crippen LogP contribution in [0.3, 0.4) is 0 Å². The van der Waals surface area contributed by atoms with Crippen molar-refractivity contribution in [3.8, 4) is 11.5 Å². The third-order valence-corrected chi connectivity index (χ3v) is 6.69. The van der Waals surface area contributed by atoms with Crippen LogP contribution in [0.1, 0.15) is 11.1 Å². The highest BCUT2D eigenvalue weighted by Crippen LogP contribution is 2.38. The molecule has 0 aliphatic rings. The Morgan fingerprint density at radius 1 is 1.00 bits per heavy atom. The molecule has 0 saturated carbocycles. The molecule has 0 saturated heterocycles. The molecule has 4 aromatic rings. The van der Waals surface area contributed by atoms with E-state index in [0.29, 0.717) is 17.2 Å². The summed E-state index contributed by atoms with van der Waals surface area (Å²) in [6.45, 7) is 0. The van der Waals surface area contributed by atoms with Gasteiger partial charge in [0.25, 0.3) is 0 Å². The van der Waals surface area contributed by atoms with Crippen LogP contribution in [-0.2, 0) is 17.4 Å². The van der Waals surface area contributed by atoms with Gasteiger partial charge in [0.1, 0.15) is 0 Å². The lowest BCUT2D eigenvalue weighted by atomic mass is 10.1. The van der Waals surface area contributed by atoms with Crippen LogP contribution in [0.15, 0.2) is 76.7 Å². The van der Waals surface area contributed by atoms with E-state index in [0.717, 1.165) is 32.8 Å². The van der Waals surface area contributed by atoms with Gasteiger partial charge in [0.2, 0.25) is 5.91 Å². The lowest BCUT2D eigenvalue weighted by molar-refractivity contribution is -0.137. The summed E-state index contributed by atoms with van der Waals surface area (Å²) in [7, 11) is 3.14. The molecule has 0 unspecified atom stereocenters. The SMILES string of the molecule is COc1cc2nccc(Sc3ccc(NC(=O)Cc4ccc(Cl)c(C(F)(F)F)c4)cc3)c2cc1OC. The van der Waals surface area contributed by atoms with Crippen LogP contribution in [0.25, 0.3) is 10.9 Å². The Morgan fingerprint density at radius 3 is 2.36 bits per heavy atom. The maximum Gasteiger partial charge on any atom is 0.417 e. The molecule has 5 nitrogen and oxygen atoms in total. The van der Waals surface area contributed by atoms with Crippen molar-refractivity contribution in [1.82, 2.24) is 4.98 Å². The molecule has 10 heteroatoms. The molecule has 0 fully saturated rings. The summed E-state index contributed by atoms with van der Waals surface area (Å²) in [6.07, 6.45) is -3.09. The standard InChI is InChI=1S/C26H20ClF3N2O3S/c1-34-22-13-18-21(14-23(22)35-2)31-10-9-24(18)36-17-6-4-16(5-7-17)32-25(33)12-15-3-8-20(27)19(11-15)26(28,29)30/h3-11,13-14H,12H2,1-2H3,(H,32,33). The maximum atomic E-state index is 13.1. The van der Waals surface area contributed by atoms with Crippen molar-refractivity contribution in [2.24, 2.45) is 0 Å². The first-order chi connectivity index (χ1) is 17.2. The summed E-state index contributed by atoms with van der Waals surface area (Å²) in [6, 6.07) is 16.2. The van der Waals surface area contributed by atoms with Crippen LogP contribution in [0.2, 0.25) is 5.02 Å². The maximum absolute atomic E-state index is 13.1. The summed E-state index contributed by atoms with van der Waals surface area (Å²) < 4.78 is 49.9. The lowest BCUT2D eigenvalue weighted by Crippen LogP contribution is -2.15. The number of benzene rings is 3. The Bertz CT molecular complexity index is 1410. The fourth-order valence-electron chi connectivity index (χ4n) is 3.56. The number of amides is 1. The third-order valence-electron chi connectivity index (χ3n) is 5.27. The summed E-state index contributed by atoms with van der Waals surface area (Å²) in [5.74, 6) is 0.751. The number of rotatable bonds is 7. The number of aromatic nitrogens is 1. The van der Waals surface area contributed by atoms with E-state index in [1.54, 1.807) is 32.5 Å². The van der Waals surface area contributed by atoms with Crippen molar-refractivity contribution in [2.45, 2.75) is 22.4 Å². The van der Waals surface area contributed by atoms with Gasteiger partial charge in [-0.25, -0.2) is 0 Å². The number of hydrogen-bond donors (Lipinski definition) is 1. The number of halogens is 4. The number of pyridine rings is 1. The van der Waals surface area contributed by atoms with Gasteiger partial charge in [0, 0.05) is 33.1 Å². The molecule has 1 N–H and O–H groups in total. The van der Waals surface area contributed by atoms with E-state index in [9.17, 15) is 18.0 Å². The second kappa shape index (κ2) is 10.7. The number of carbonyl (C=O) groups excluding carboxylic acids is 1. The van der Waals surface area contributed by atoms with Crippen LogP contribution in [0.5, 0.6) is 11.5 Å². The van der Waals surface area contributed by atoms with Gasteiger partial charge in [-0.15, -0.1) is 0 Å². The molecule has 0 atom stereocenters. The number of methoxy groups -OCH3 is 2.